The number of hydrogen-bond donors (Lipinski definition) is 1. The summed E-state index contributed by atoms with van der Waals surface area (Å²) in [4.78, 5) is 8.58. The monoisotopic (exact) mass is 407 g/mol. The van der Waals surface area contributed by atoms with Crippen molar-refractivity contribution in [2.45, 2.75) is 5.03 Å². The first-order valence-corrected chi connectivity index (χ1v) is 10.2. The minimum absolute atomic E-state index is 0.00302. The molecule has 0 aliphatic heterocycles. The predicted octanol–water partition coefficient (Wildman–Crippen LogP) is 3.47. The van der Waals surface area contributed by atoms with Crippen molar-refractivity contribution in [2.24, 2.45) is 7.05 Å². The van der Waals surface area contributed by atoms with Gasteiger partial charge in [0.25, 0.3) is 10.0 Å². The fraction of sp³-hybridized carbons (Fsp3) is 0.0500. The quantitative estimate of drug-likeness (QED) is 0.525. The minimum atomic E-state index is -3.92. The molecule has 0 aliphatic carbocycles. The van der Waals surface area contributed by atoms with E-state index in [0.717, 1.165) is 5.56 Å². The molecule has 0 unspecified atom stereocenters. The van der Waals surface area contributed by atoms with E-state index in [4.69, 9.17) is 4.74 Å². The average molecular weight is 407 g/mol. The van der Waals surface area contributed by atoms with Gasteiger partial charge in [-0.15, -0.1) is 0 Å². The van der Waals surface area contributed by atoms with Crippen molar-refractivity contribution in [2.75, 3.05) is 4.72 Å². The highest BCUT2D eigenvalue weighted by atomic mass is 32.2. The molecule has 9 heteroatoms. The first-order chi connectivity index (χ1) is 14.0. The first-order valence-electron chi connectivity index (χ1n) is 8.69. The maximum atomic E-state index is 12.7. The van der Waals surface area contributed by atoms with E-state index in [9.17, 15) is 8.42 Å². The third kappa shape index (κ3) is 4.25. The van der Waals surface area contributed by atoms with E-state index < -0.39 is 10.0 Å². The Kier molecular flexibility index (Phi) is 4.96. The molecule has 4 aromatic rings. The van der Waals surface area contributed by atoms with E-state index in [1.54, 1.807) is 25.2 Å². The molecule has 4 rings (SSSR count). The Bertz CT molecular complexity index is 1230. The number of anilines is 1. The largest absolute Gasteiger partial charge is 0.439 e. The van der Waals surface area contributed by atoms with Crippen LogP contribution in [0.1, 0.15) is 0 Å². The van der Waals surface area contributed by atoms with Gasteiger partial charge in [-0.05, 0) is 18.2 Å². The molecule has 0 amide bonds. The van der Waals surface area contributed by atoms with E-state index in [-0.39, 0.29) is 16.9 Å². The van der Waals surface area contributed by atoms with E-state index in [0.29, 0.717) is 11.4 Å². The Morgan fingerprint density at radius 1 is 0.931 bits per heavy atom. The van der Waals surface area contributed by atoms with Crippen molar-refractivity contribution < 1.29 is 13.2 Å². The van der Waals surface area contributed by atoms with Gasteiger partial charge in [0.1, 0.15) is 5.75 Å². The third-order valence-electron chi connectivity index (χ3n) is 4.01. The van der Waals surface area contributed by atoms with Gasteiger partial charge in [-0.1, -0.05) is 48.5 Å². The van der Waals surface area contributed by atoms with Gasteiger partial charge < -0.3 is 4.74 Å². The molecule has 0 saturated heterocycles. The second-order valence-electron chi connectivity index (χ2n) is 6.09. The number of rotatable bonds is 6. The number of sulfonamides is 1. The van der Waals surface area contributed by atoms with Gasteiger partial charge in [0, 0.05) is 18.7 Å². The highest BCUT2D eigenvalue weighted by molar-refractivity contribution is 7.92. The molecule has 0 atom stereocenters. The summed E-state index contributed by atoms with van der Waals surface area (Å²) in [6, 6.07) is 21.5. The molecule has 29 heavy (non-hydrogen) atoms. The van der Waals surface area contributed by atoms with Crippen LogP contribution in [0.3, 0.4) is 0 Å². The smallest absolute Gasteiger partial charge is 0.281 e. The summed E-state index contributed by atoms with van der Waals surface area (Å²) in [5.41, 5.74) is 1.32. The van der Waals surface area contributed by atoms with Crippen molar-refractivity contribution in [1.82, 2.24) is 19.7 Å². The highest BCUT2D eigenvalue weighted by Gasteiger charge is 2.20. The second kappa shape index (κ2) is 7.72. The summed E-state index contributed by atoms with van der Waals surface area (Å²) in [6.07, 6.45) is 1.40. The molecule has 2 aromatic carbocycles. The third-order valence-corrected chi connectivity index (χ3v) is 5.42. The molecule has 146 valence electrons. The fourth-order valence-electron chi connectivity index (χ4n) is 2.69. The summed E-state index contributed by atoms with van der Waals surface area (Å²) >= 11 is 0. The second-order valence-corrected chi connectivity index (χ2v) is 7.72. The van der Waals surface area contributed by atoms with Crippen molar-refractivity contribution in [3.05, 3.63) is 79.0 Å². The summed E-state index contributed by atoms with van der Waals surface area (Å²) in [5.74, 6) is 0.692. The lowest BCUT2D eigenvalue weighted by atomic mass is 10.1. The number of nitrogens with one attached hydrogen (secondary N) is 1. The summed E-state index contributed by atoms with van der Waals surface area (Å²) in [7, 11) is -2.38. The lowest BCUT2D eigenvalue weighted by molar-refractivity contribution is 0.463. The molecule has 2 heterocycles. The number of aryl methyl sites for hydroxylation is 1. The van der Waals surface area contributed by atoms with Crippen molar-refractivity contribution in [1.29, 1.82) is 0 Å². The predicted molar refractivity (Wildman–Crippen MR) is 108 cm³/mol. The molecule has 1 N–H and O–H groups in total. The van der Waals surface area contributed by atoms with Crippen LogP contribution in [0.15, 0.2) is 84.0 Å². The lowest BCUT2D eigenvalue weighted by Crippen LogP contribution is -2.18. The molecular weight excluding hydrogens is 390 g/mol. The van der Waals surface area contributed by atoms with Gasteiger partial charge >= 0.3 is 0 Å². The van der Waals surface area contributed by atoms with Crippen molar-refractivity contribution >= 4 is 16.0 Å². The summed E-state index contributed by atoms with van der Waals surface area (Å²) in [5, 5.41) is 3.89. The van der Waals surface area contributed by atoms with Crippen LogP contribution in [-0.2, 0) is 17.1 Å². The van der Waals surface area contributed by atoms with Gasteiger partial charge in [-0.2, -0.15) is 18.5 Å². The zero-order valence-corrected chi connectivity index (χ0v) is 16.2. The van der Waals surface area contributed by atoms with Crippen LogP contribution in [0.4, 0.5) is 5.95 Å². The Morgan fingerprint density at radius 3 is 2.28 bits per heavy atom. The molecule has 0 bridgehead atoms. The van der Waals surface area contributed by atoms with Gasteiger partial charge in [-0.3, -0.25) is 4.68 Å². The van der Waals surface area contributed by atoms with Crippen LogP contribution in [0.5, 0.6) is 11.6 Å². The molecule has 0 radical (unpaired) electrons. The number of benzene rings is 2. The van der Waals surface area contributed by atoms with Gasteiger partial charge in [0.2, 0.25) is 11.8 Å². The van der Waals surface area contributed by atoms with E-state index in [1.165, 1.54) is 16.9 Å². The maximum absolute atomic E-state index is 12.7. The average Bonchev–Trinajstić information content (AvgIpc) is 3.16. The molecular formula is C20H17N5O3S. The highest BCUT2D eigenvalue weighted by Crippen LogP contribution is 2.26. The molecule has 0 aliphatic rings. The zero-order chi connectivity index (χ0) is 20.3. The summed E-state index contributed by atoms with van der Waals surface area (Å²) < 4.78 is 34.9. The van der Waals surface area contributed by atoms with Crippen molar-refractivity contribution in [3.63, 3.8) is 0 Å². The molecule has 2 aromatic heterocycles. The van der Waals surface area contributed by atoms with Crippen LogP contribution in [-0.4, -0.2) is 28.2 Å². The number of nitrogens with zero attached hydrogens (tertiary/aromatic N) is 4. The Labute approximate surface area is 167 Å². The topological polar surface area (TPSA) is 99.0 Å². The lowest BCUT2D eigenvalue weighted by Gasteiger charge is -2.11. The normalized spacial score (nSPS) is 11.2. The van der Waals surface area contributed by atoms with Crippen LogP contribution >= 0.6 is 0 Å². The minimum Gasteiger partial charge on any atom is -0.439 e. The number of aromatic nitrogens is 4. The number of para-hydroxylation sites is 1. The zero-order valence-electron chi connectivity index (χ0n) is 15.4. The Balaban J connectivity index is 1.74. The molecule has 0 saturated carbocycles. The molecule has 0 spiro atoms. The standard InChI is InChI=1S/C20H17N5O3S/c1-25-19(12-13-21-25)29(26,27)24-20-22-17(15-8-4-2-5-9-15)14-18(23-20)28-16-10-6-3-7-11-16/h2-14H,1H3,(H,22,23,24). The van der Waals surface area contributed by atoms with Gasteiger partial charge in [-0.25, -0.2) is 9.71 Å². The van der Waals surface area contributed by atoms with Gasteiger partial charge in [0.05, 0.1) is 11.9 Å². The maximum Gasteiger partial charge on any atom is 0.281 e. The van der Waals surface area contributed by atoms with E-state index in [2.05, 4.69) is 19.8 Å². The number of ether oxygens (including phenoxy) is 1. The number of hydrogen-bond acceptors (Lipinski definition) is 6. The van der Waals surface area contributed by atoms with E-state index >= 15 is 0 Å². The van der Waals surface area contributed by atoms with Crippen LogP contribution in [0.2, 0.25) is 0 Å². The van der Waals surface area contributed by atoms with Gasteiger partial charge in [0.15, 0.2) is 5.03 Å². The fourth-order valence-corrected chi connectivity index (χ4v) is 3.76. The first kappa shape index (κ1) is 18.6. The molecule has 8 nitrogen and oxygen atoms in total. The van der Waals surface area contributed by atoms with E-state index in [1.807, 2.05) is 48.5 Å². The summed E-state index contributed by atoms with van der Waals surface area (Å²) in [6.45, 7) is 0. The van der Waals surface area contributed by atoms with Crippen LogP contribution in [0, 0.1) is 0 Å². The van der Waals surface area contributed by atoms with Crippen molar-refractivity contribution in [3.8, 4) is 22.9 Å². The van der Waals surface area contributed by atoms with Crippen LogP contribution < -0.4 is 9.46 Å². The Hall–Kier alpha value is -3.72. The Morgan fingerprint density at radius 2 is 1.62 bits per heavy atom. The van der Waals surface area contributed by atoms with Crippen LogP contribution in [0.25, 0.3) is 11.3 Å². The SMILES string of the molecule is Cn1nccc1S(=O)(=O)Nc1nc(Oc2ccccc2)cc(-c2ccccc2)n1. The molecule has 0 fully saturated rings.